The number of rotatable bonds is 10. The van der Waals surface area contributed by atoms with Gasteiger partial charge < -0.3 is 19.9 Å². The van der Waals surface area contributed by atoms with E-state index in [0.29, 0.717) is 17.9 Å². The molecule has 1 aromatic carbocycles. The molecule has 0 aliphatic carbocycles. The van der Waals surface area contributed by atoms with Crippen LogP contribution in [0.1, 0.15) is 32.6 Å². The molecule has 1 aromatic rings. The van der Waals surface area contributed by atoms with Gasteiger partial charge in [0.2, 0.25) is 5.91 Å². The van der Waals surface area contributed by atoms with E-state index in [1.807, 2.05) is 19.1 Å². The first kappa shape index (κ1) is 17.8. The van der Waals surface area contributed by atoms with Gasteiger partial charge in [-0.25, -0.2) is 4.79 Å². The topological polar surface area (TPSA) is 84.9 Å². The molecule has 0 saturated heterocycles. The Hall–Kier alpha value is -2.24. The molecule has 0 fully saturated rings. The van der Waals surface area contributed by atoms with E-state index in [0.717, 1.165) is 12.8 Å². The molecule has 0 aromatic heterocycles. The molecular formula is C16H23NO5. The zero-order chi connectivity index (χ0) is 16.4. The molecule has 122 valence electrons. The second kappa shape index (κ2) is 9.65. The van der Waals surface area contributed by atoms with Gasteiger partial charge in [0.1, 0.15) is 6.04 Å². The standard InChI is InChI=1S/C16H23NO5/c1-3-4-7-12(16(19)20)17-15(18)10-11-22-14-9-6-5-8-13(14)21-2/h5-6,8-9,12H,3-4,7,10-11H2,1-2H3,(H,17,18)(H,19,20)/t12-/m0/s1. The zero-order valence-corrected chi connectivity index (χ0v) is 13.0. The minimum absolute atomic E-state index is 0.0912. The van der Waals surface area contributed by atoms with Gasteiger partial charge in [-0.3, -0.25) is 4.79 Å². The summed E-state index contributed by atoms with van der Waals surface area (Å²) < 4.78 is 10.6. The normalized spacial score (nSPS) is 11.5. The molecule has 1 amide bonds. The average Bonchev–Trinajstić information content (AvgIpc) is 2.51. The van der Waals surface area contributed by atoms with E-state index in [1.54, 1.807) is 19.2 Å². The smallest absolute Gasteiger partial charge is 0.326 e. The van der Waals surface area contributed by atoms with E-state index in [1.165, 1.54) is 0 Å². The van der Waals surface area contributed by atoms with Crippen LogP contribution in [0, 0.1) is 0 Å². The van der Waals surface area contributed by atoms with Crippen molar-refractivity contribution in [1.82, 2.24) is 5.32 Å². The van der Waals surface area contributed by atoms with Crippen molar-refractivity contribution in [1.29, 1.82) is 0 Å². The van der Waals surface area contributed by atoms with Crippen LogP contribution in [-0.2, 0) is 9.59 Å². The molecule has 1 atom stereocenters. The van der Waals surface area contributed by atoms with Crippen LogP contribution < -0.4 is 14.8 Å². The summed E-state index contributed by atoms with van der Waals surface area (Å²) in [4.78, 5) is 22.8. The van der Waals surface area contributed by atoms with Gasteiger partial charge in [-0.2, -0.15) is 0 Å². The summed E-state index contributed by atoms with van der Waals surface area (Å²) >= 11 is 0. The Labute approximate surface area is 130 Å². The van der Waals surface area contributed by atoms with Gasteiger partial charge in [0.25, 0.3) is 0 Å². The largest absolute Gasteiger partial charge is 0.493 e. The molecule has 0 aliphatic heterocycles. The van der Waals surface area contributed by atoms with Gasteiger partial charge in [-0.05, 0) is 18.6 Å². The van der Waals surface area contributed by atoms with E-state index in [4.69, 9.17) is 14.6 Å². The van der Waals surface area contributed by atoms with E-state index < -0.39 is 12.0 Å². The number of carbonyl (C=O) groups is 2. The molecule has 0 heterocycles. The lowest BCUT2D eigenvalue weighted by Crippen LogP contribution is -2.41. The van der Waals surface area contributed by atoms with Gasteiger partial charge in [0.15, 0.2) is 11.5 Å². The van der Waals surface area contributed by atoms with Crippen LogP contribution in [0.25, 0.3) is 0 Å². The van der Waals surface area contributed by atoms with Crippen LogP contribution in [-0.4, -0.2) is 36.7 Å². The highest BCUT2D eigenvalue weighted by Crippen LogP contribution is 2.25. The van der Waals surface area contributed by atoms with Gasteiger partial charge >= 0.3 is 5.97 Å². The molecule has 0 radical (unpaired) electrons. The van der Waals surface area contributed by atoms with Crippen LogP contribution in [0.4, 0.5) is 0 Å². The Balaban J connectivity index is 2.40. The summed E-state index contributed by atoms with van der Waals surface area (Å²) in [5.41, 5.74) is 0. The number of hydrogen-bond donors (Lipinski definition) is 2. The van der Waals surface area contributed by atoms with E-state index in [9.17, 15) is 9.59 Å². The van der Waals surface area contributed by atoms with Crippen molar-refractivity contribution < 1.29 is 24.2 Å². The van der Waals surface area contributed by atoms with Gasteiger partial charge in [-0.1, -0.05) is 31.9 Å². The molecule has 22 heavy (non-hydrogen) atoms. The maximum absolute atomic E-state index is 11.8. The Morgan fingerprint density at radius 1 is 1.27 bits per heavy atom. The number of carboxylic acid groups (broad SMARTS) is 1. The number of hydrogen-bond acceptors (Lipinski definition) is 4. The summed E-state index contributed by atoms with van der Waals surface area (Å²) in [6.07, 6.45) is 2.17. The van der Waals surface area contributed by atoms with Crippen molar-refractivity contribution in [3.63, 3.8) is 0 Å². The SMILES string of the molecule is CCCC[C@H](NC(=O)CCOc1ccccc1OC)C(=O)O. The van der Waals surface area contributed by atoms with Gasteiger partial charge in [0, 0.05) is 0 Å². The minimum atomic E-state index is -1.01. The number of methoxy groups -OCH3 is 1. The number of nitrogens with one attached hydrogen (secondary N) is 1. The Morgan fingerprint density at radius 3 is 2.55 bits per heavy atom. The van der Waals surface area contributed by atoms with Crippen molar-refractivity contribution in [3.05, 3.63) is 24.3 Å². The quantitative estimate of drug-likeness (QED) is 0.692. The molecule has 1 rings (SSSR count). The number of para-hydroxylation sites is 2. The number of benzene rings is 1. The number of ether oxygens (including phenoxy) is 2. The number of carbonyl (C=O) groups excluding carboxylic acids is 1. The first-order valence-electron chi connectivity index (χ1n) is 7.36. The zero-order valence-electron chi connectivity index (χ0n) is 13.0. The van der Waals surface area contributed by atoms with E-state index >= 15 is 0 Å². The lowest BCUT2D eigenvalue weighted by molar-refractivity contribution is -0.142. The maximum Gasteiger partial charge on any atom is 0.326 e. The highest BCUT2D eigenvalue weighted by molar-refractivity contribution is 5.83. The van der Waals surface area contributed by atoms with Crippen molar-refractivity contribution in [2.75, 3.05) is 13.7 Å². The highest BCUT2D eigenvalue weighted by atomic mass is 16.5. The number of carboxylic acids is 1. The van der Waals surface area contributed by atoms with Crippen molar-refractivity contribution in [3.8, 4) is 11.5 Å². The second-order valence-electron chi connectivity index (χ2n) is 4.85. The summed E-state index contributed by atoms with van der Waals surface area (Å²) in [5.74, 6) is -0.196. The van der Waals surface area contributed by atoms with Crippen LogP contribution in [0.3, 0.4) is 0 Å². The predicted octanol–water partition coefficient (Wildman–Crippen LogP) is 2.22. The van der Waals surface area contributed by atoms with Gasteiger partial charge in [0.05, 0.1) is 20.1 Å². The lowest BCUT2D eigenvalue weighted by Gasteiger charge is -2.14. The van der Waals surface area contributed by atoms with Gasteiger partial charge in [-0.15, -0.1) is 0 Å². The van der Waals surface area contributed by atoms with Crippen molar-refractivity contribution in [2.45, 2.75) is 38.6 Å². The summed E-state index contributed by atoms with van der Waals surface area (Å²) in [7, 11) is 1.54. The Morgan fingerprint density at radius 2 is 1.95 bits per heavy atom. The summed E-state index contributed by atoms with van der Waals surface area (Å²) in [6, 6.07) is 6.31. The van der Waals surface area contributed by atoms with Crippen molar-refractivity contribution >= 4 is 11.9 Å². The summed E-state index contributed by atoms with van der Waals surface area (Å²) in [6.45, 7) is 2.13. The van der Waals surface area contributed by atoms with E-state index in [-0.39, 0.29) is 18.9 Å². The van der Waals surface area contributed by atoms with E-state index in [2.05, 4.69) is 5.32 Å². The number of unbranched alkanes of at least 4 members (excludes halogenated alkanes) is 1. The molecule has 2 N–H and O–H groups in total. The first-order valence-corrected chi connectivity index (χ1v) is 7.36. The molecule has 0 unspecified atom stereocenters. The van der Waals surface area contributed by atoms with Crippen LogP contribution in [0.5, 0.6) is 11.5 Å². The minimum Gasteiger partial charge on any atom is -0.493 e. The van der Waals surface area contributed by atoms with Crippen LogP contribution >= 0.6 is 0 Å². The third-order valence-corrected chi connectivity index (χ3v) is 3.14. The fourth-order valence-corrected chi connectivity index (χ4v) is 1.92. The molecule has 6 nitrogen and oxygen atoms in total. The summed E-state index contributed by atoms with van der Waals surface area (Å²) in [5, 5.41) is 11.6. The molecule has 6 heteroatoms. The molecule has 0 saturated carbocycles. The maximum atomic E-state index is 11.8. The number of amides is 1. The monoisotopic (exact) mass is 309 g/mol. The Kier molecular flexibility index (Phi) is 7.81. The fraction of sp³-hybridized carbons (Fsp3) is 0.500. The van der Waals surface area contributed by atoms with Crippen LogP contribution in [0.2, 0.25) is 0 Å². The third kappa shape index (κ3) is 6.03. The fourth-order valence-electron chi connectivity index (χ4n) is 1.92. The lowest BCUT2D eigenvalue weighted by atomic mass is 10.1. The molecular weight excluding hydrogens is 286 g/mol. The molecule has 0 bridgehead atoms. The molecule has 0 spiro atoms. The highest BCUT2D eigenvalue weighted by Gasteiger charge is 2.19. The average molecular weight is 309 g/mol. The number of aliphatic carboxylic acids is 1. The molecule has 0 aliphatic rings. The first-order chi connectivity index (χ1) is 10.6. The third-order valence-electron chi connectivity index (χ3n) is 3.14. The predicted molar refractivity (Wildman–Crippen MR) is 82.2 cm³/mol. The van der Waals surface area contributed by atoms with Crippen LogP contribution in [0.15, 0.2) is 24.3 Å². The second-order valence-corrected chi connectivity index (χ2v) is 4.85. The Bertz CT molecular complexity index is 489. The van der Waals surface area contributed by atoms with Crippen molar-refractivity contribution in [2.24, 2.45) is 0 Å².